The fraction of sp³-hybridized carbons (Fsp3) is 0.143. The Morgan fingerprint density at radius 3 is 2.61 bits per heavy atom. The Kier molecular flexibility index (Phi) is 4.83. The summed E-state index contributed by atoms with van der Waals surface area (Å²) in [4.78, 5) is 12.4. The zero-order valence-electron chi connectivity index (χ0n) is 11.4. The van der Waals surface area contributed by atoms with Gasteiger partial charge < -0.3 is 5.32 Å². The third-order valence-corrected chi connectivity index (χ3v) is 4.56. The van der Waals surface area contributed by atoms with Crippen LogP contribution in [0.2, 0.25) is 5.02 Å². The molecule has 2 atom stereocenters. The van der Waals surface area contributed by atoms with E-state index in [1.807, 2.05) is 17.5 Å². The van der Waals surface area contributed by atoms with E-state index in [0.29, 0.717) is 15.9 Å². The fourth-order valence-corrected chi connectivity index (χ4v) is 3.40. The number of hydrogen-bond donors (Lipinski definition) is 1. The SMILES string of the molecule is N#CC(C1=NC(Cl)N=C(Cl)N1)c1nc(-c2ccc(Cl)cc2)cs1. The van der Waals surface area contributed by atoms with Gasteiger partial charge >= 0.3 is 0 Å². The minimum absolute atomic E-state index is 0.102. The van der Waals surface area contributed by atoms with Crippen molar-refractivity contribution >= 4 is 57.3 Å². The lowest BCUT2D eigenvalue weighted by Gasteiger charge is -2.17. The molecule has 0 bridgehead atoms. The zero-order valence-corrected chi connectivity index (χ0v) is 14.5. The normalized spacial score (nSPS) is 18.4. The van der Waals surface area contributed by atoms with Gasteiger partial charge in [0.1, 0.15) is 10.8 Å². The lowest BCUT2D eigenvalue weighted by Crippen LogP contribution is -2.36. The van der Waals surface area contributed by atoms with Gasteiger partial charge in [0.05, 0.1) is 11.8 Å². The first-order valence-corrected chi connectivity index (χ1v) is 8.47. The summed E-state index contributed by atoms with van der Waals surface area (Å²) in [6.45, 7) is 0. The smallest absolute Gasteiger partial charge is 0.219 e. The van der Waals surface area contributed by atoms with Crippen molar-refractivity contribution in [1.29, 1.82) is 5.26 Å². The van der Waals surface area contributed by atoms with Crippen molar-refractivity contribution in [3.05, 3.63) is 39.7 Å². The van der Waals surface area contributed by atoms with Crippen LogP contribution in [0.15, 0.2) is 39.6 Å². The molecule has 1 aromatic heterocycles. The molecule has 3 rings (SSSR count). The van der Waals surface area contributed by atoms with Crippen molar-refractivity contribution in [3.8, 4) is 17.3 Å². The number of halogens is 3. The number of thiazole rings is 1. The van der Waals surface area contributed by atoms with E-state index in [1.165, 1.54) is 11.3 Å². The summed E-state index contributed by atoms with van der Waals surface area (Å²) in [6.07, 6.45) is 0. The Morgan fingerprint density at radius 1 is 1.22 bits per heavy atom. The van der Waals surface area contributed by atoms with Gasteiger partial charge in [-0.05, 0) is 23.7 Å². The number of nitriles is 1. The van der Waals surface area contributed by atoms with Crippen LogP contribution in [0.5, 0.6) is 0 Å². The van der Waals surface area contributed by atoms with Gasteiger partial charge in [-0.1, -0.05) is 35.3 Å². The quantitative estimate of drug-likeness (QED) is 0.637. The number of rotatable bonds is 3. The van der Waals surface area contributed by atoms with E-state index in [2.05, 4.69) is 26.4 Å². The molecule has 1 N–H and O–H groups in total. The molecule has 116 valence electrons. The average Bonchev–Trinajstić information content (AvgIpc) is 2.97. The van der Waals surface area contributed by atoms with Gasteiger partial charge in [-0.15, -0.1) is 11.3 Å². The largest absolute Gasteiger partial charge is 0.318 e. The van der Waals surface area contributed by atoms with Crippen LogP contribution in [0.25, 0.3) is 11.3 Å². The lowest BCUT2D eigenvalue weighted by atomic mass is 10.1. The number of nitrogens with one attached hydrogen (secondary N) is 1. The fourth-order valence-electron chi connectivity index (χ4n) is 1.96. The number of nitrogens with zero attached hydrogens (tertiary/aromatic N) is 4. The minimum Gasteiger partial charge on any atom is -0.318 e. The summed E-state index contributed by atoms with van der Waals surface area (Å²) in [6, 6.07) is 9.49. The van der Waals surface area contributed by atoms with Gasteiger partial charge in [-0.2, -0.15) is 5.26 Å². The Balaban J connectivity index is 1.89. The van der Waals surface area contributed by atoms with E-state index in [4.69, 9.17) is 34.8 Å². The van der Waals surface area contributed by atoms with Crippen LogP contribution in [0, 0.1) is 11.3 Å². The van der Waals surface area contributed by atoms with E-state index in [9.17, 15) is 5.26 Å². The summed E-state index contributed by atoms with van der Waals surface area (Å²) >= 11 is 19.0. The van der Waals surface area contributed by atoms with Gasteiger partial charge in [0.25, 0.3) is 0 Å². The number of benzene rings is 1. The van der Waals surface area contributed by atoms with E-state index in [1.54, 1.807) is 12.1 Å². The molecule has 0 saturated carbocycles. The van der Waals surface area contributed by atoms with E-state index in [0.717, 1.165) is 11.3 Å². The molecular formula is C14H8Cl3N5S. The van der Waals surface area contributed by atoms with Crippen molar-refractivity contribution in [3.63, 3.8) is 0 Å². The number of amidine groups is 2. The maximum Gasteiger partial charge on any atom is 0.219 e. The Bertz CT molecular complexity index is 822. The molecule has 2 unspecified atom stereocenters. The highest BCUT2D eigenvalue weighted by atomic mass is 35.5. The Hall–Kier alpha value is -1.65. The summed E-state index contributed by atoms with van der Waals surface area (Å²) in [7, 11) is 0. The molecule has 0 radical (unpaired) electrons. The molecule has 0 fully saturated rings. The van der Waals surface area contributed by atoms with E-state index >= 15 is 0 Å². The van der Waals surface area contributed by atoms with Crippen LogP contribution in [0.4, 0.5) is 0 Å². The molecule has 2 heterocycles. The highest BCUT2D eigenvalue weighted by Crippen LogP contribution is 2.28. The molecule has 23 heavy (non-hydrogen) atoms. The summed E-state index contributed by atoms with van der Waals surface area (Å²) in [5.74, 6) is -0.351. The molecule has 0 aliphatic carbocycles. The molecular weight excluding hydrogens is 377 g/mol. The maximum absolute atomic E-state index is 9.47. The second-order valence-corrected chi connectivity index (χ2v) is 6.58. The van der Waals surface area contributed by atoms with Crippen LogP contribution < -0.4 is 5.32 Å². The predicted octanol–water partition coefficient (Wildman–Crippen LogP) is 4.19. The first-order chi connectivity index (χ1) is 11.1. The van der Waals surface area contributed by atoms with Crippen LogP contribution in [-0.4, -0.2) is 21.7 Å². The average molecular weight is 385 g/mol. The zero-order chi connectivity index (χ0) is 16.4. The number of aromatic nitrogens is 1. The molecule has 0 saturated heterocycles. The topological polar surface area (TPSA) is 73.4 Å². The highest BCUT2D eigenvalue weighted by molar-refractivity contribution is 7.10. The molecule has 1 aromatic carbocycles. The van der Waals surface area contributed by atoms with E-state index in [-0.39, 0.29) is 5.29 Å². The molecule has 1 aliphatic heterocycles. The highest BCUT2D eigenvalue weighted by Gasteiger charge is 2.26. The molecule has 0 amide bonds. The summed E-state index contributed by atoms with van der Waals surface area (Å²) < 4.78 is 0. The lowest BCUT2D eigenvalue weighted by molar-refractivity contribution is 0.902. The van der Waals surface area contributed by atoms with Crippen LogP contribution >= 0.6 is 46.1 Å². The first kappa shape index (κ1) is 16.2. The monoisotopic (exact) mass is 383 g/mol. The van der Waals surface area contributed by atoms with Crippen LogP contribution in [0.3, 0.4) is 0 Å². The Morgan fingerprint density at radius 2 is 1.96 bits per heavy atom. The molecule has 1 aliphatic rings. The Labute approximate surface area is 151 Å². The predicted molar refractivity (Wildman–Crippen MR) is 94.4 cm³/mol. The van der Waals surface area contributed by atoms with Crippen LogP contribution in [0.1, 0.15) is 10.9 Å². The molecule has 2 aromatic rings. The van der Waals surface area contributed by atoms with Gasteiger partial charge in [-0.25, -0.2) is 15.0 Å². The van der Waals surface area contributed by atoms with Crippen molar-refractivity contribution in [2.45, 2.75) is 11.5 Å². The van der Waals surface area contributed by atoms with Gasteiger partial charge in [0.2, 0.25) is 5.62 Å². The first-order valence-electron chi connectivity index (χ1n) is 6.40. The molecule has 9 heteroatoms. The second-order valence-electron chi connectivity index (χ2n) is 4.51. The molecule has 0 spiro atoms. The number of hydrogen-bond acceptors (Lipinski definition) is 6. The standard InChI is InChI=1S/C14H8Cl3N5S/c15-8-3-1-7(2-4-8)10-6-23-12(19-10)9(5-18)11-20-13(16)22-14(17)21-11/h1-4,6,9,13H,(H,20,21,22). The van der Waals surface area contributed by atoms with Crippen molar-refractivity contribution in [2.24, 2.45) is 9.98 Å². The third-order valence-electron chi connectivity index (χ3n) is 3.01. The van der Waals surface area contributed by atoms with Crippen molar-refractivity contribution in [1.82, 2.24) is 10.3 Å². The number of aliphatic imine (C=N–C) groups is 2. The van der Waals surface area contributed by atoms with Crippen molar-refractivity contribution < 1.29 is 0 Å². The second kappa shape index (κ2) is 6.85. The van der Waals surface area contributed by atoms with Gasteiger partial charge in [-0.3, -0.25) is 0 Å². The minimum atomic E-state index is -0.842. The summed E-state index contributed by atoms with van der Waals surface area (Å²) in [5, 5.41) is 15.5. The van der Waals surface area contributed by atoms with E-state index < -0.39 is 11.5 Å². The van der Waals surface area contributed by atoms with Gasteiger partial charge in [0.15, 0.2) is 11.2 Å². The maximum atomic E-state index is 9.47. The van der Waals surface area contributed by atoms with Gasteiger partial charge in [0, 0.05) is 16.0 Å². The third kappa shape index (κ3) is 3.65. The van der Waals surface area contributed by atoms with Crippen molar-refractivity contribution in [2.75, 3.05) is 0 Å². The molecule has 5 nitrogen and oxygen atoms in total. The number of alkyl halides is 1. The van der Waals surface area contributed by atoms with Crippen LogP contribution in [-0.2, 0) is 0 Å². The summed E-state index contributed by atoms with van der Waals surface area (Å²) in [5.41, 5.74) is 0.841.